The molecule has 1 aliphatic rings. The number of carbonyl (C=O) groups excluding carboxylic acids is 2. The average Bonchev–Trinajstić information content (AvgIpc) is 3.43. The number of nitrogens with one attached hydrogen (secondary N) is 1. The Kier molecular flexibility index (Phi) is 52.0. The molecule has 1 heterocycles. The molecule has 448 valence electrons. The number of rotatable bonds is 55. The maximum absolute atomic E-state index is 13.0. The third kappa shape index (κ3) is 44.8. The van der Waals surface area contributed by atoms with Gasteiger partial charge in [0.05, 0.1) is 32.0 Å². The van der Waals surface area contributed by atoms with E-state index >= 15 is 0 Å². The molecule has 77 heavy (non-hydrogen) atoms. The van der Waals surface area contributed by atoms with Crippen LogP contribution >= 0.6 is 0 Å². The van der Waals surface area contributed by atoms with Crippen molar-refractivity contribution in [1.29, 1.82) is 0 Å². The van der Waals surface area contributed by atoms with Gasteiger partial charge in [-0.15, -0.1) is 0 Å². The molecule has 0 aromatic rings. The van der Waals surface area contributed by atoms with Crippen molar-refractivity contribution in [2.45, 2.75) is 326 Å². The van der Waals surface area contributed by atoms with Gasteiger partial charge in [-0.2, -0.15) is 0 Å². The Morgan fingerprint density at radius 2 is 0.883 bits per heavy atom. The van der Waals surface area contributed by atoms with E-state index in [1.165, 1.54) is 173 Å². The topological polar surface area (TPSA) is 175 Å². The largest absolute Gasteiger partial charge is 0.466 e. The molecule has 0 radical (unpaired) electrons. The highest BCUT2D eigenvalue weighted by atomic mass is 16.7. The molecular weight excluding hydrogens is 967 g/mol. The maximum Gasteiger partial charge on any atom is 0.305 e. The zero-order valence-electron chi connectivity index (χ0n) is 49.4. The maximum atomic E-state index is 13.0. The second kappa shape index (κ2) is 55.3. The molecule has 0 spiro atoms. The molecule has 0 aliphatic carbocycles. The van der Waals surface area contributed by atoms with Gasteiger partial charge in [-0.25, -0.2) is 0 Å². The number of hydrogen-bond donors (Lipinski definition) is 6. The van der Waals surface area contributed by atoms with Crippen molar-refractivity contribution in [3.05, 3.63) is 60.8 Å². The summed E-state index contributed by atoms with van der Waals surface area (Å²) in [7, 11) is 0. The number of carbonyl (C=O) groups is 2. The van der Waals surface area contributed by atoms with Crippen LogP contribution in [0.1, 0.15) is 284 Å². The smallest absolute Gasteiger partial charge is 0.305 e. The first kappa shape index (κ1) is 72.4. The van der Waals surface area contributed by atoms with Crippen molar-refractivity contribution in [3.8, 4) is 0 Å². The van der Waals surface area contributed by atoms with Crippen LogP contribution in [-0.2, 0) is 23.8 Å². The Balaban J connectivity index is 1.98. The predicted octanol–water partition coefficient (Wildman–Crippen LogP) is 15.4. The minimum absolute atomic E-state index is 0.0109. The van der Waals surface area contributed by atoms with Gasteiger partial charge < -0.3 is 45.1 Å². The van der Waals surface area contributed by atoms with Gasteiger partial charge in [0.25, 0.3) is 0 Å². The first-order valence-corrected chi connectivity index (χ1v) is 32.1. The zero-order valence-corrected chi connectivity index (χ0v) is 49.4. The SMILES string of the molecule is CCCCC/C=C/CC/C=C/C(O)C(COC1OC(CO)C(O)C(O)C1O)NC(=O)CCCCCCCCC/C=C\CCCCCCCCCCCCCOC(=O)CCCCCCCCC/C=C\C/C=C\CCCCCC. The monoisotopic (exact) mass is 1090 g/mol. The average molecular weight is 1090 g/mol. The number of esters is 1. The van der Waals surface area contributed by atoms with Gasteiger partial charge in [0, 0.05) is 12.8 Å². The van der Waals surface area contributed by atoms with Crippen LogP contribution in [0.5, 0.6) is 0 Å². The van der Waals surface area contributed by atoms with Crippen molar-refractivity contribution in [2.75, 3.05) is 19.8 Å². The van der Waals surface area contributed by atoms with Crippen LogP contribution in [0.15, 0.2) is 60.8 Å². The second-order valence-electron chi connectivity index (χ2n) is 22.1. The van der Waals surface area contributed by atoms with Gasteiger partial charge in [0.15, 0.2) is 6.29 Å². The molecule has 0 saturated carbocycles. The van der Waals surface area contributed by atoms with Crippen LogP contribution in [-0.4, -0.2) is 100 Å². The van der Waals surface area contributed by atoms with E-state index < -0.39 is 49.5 Å². The molecule has 11 heteroatoms. The predicted molar refractivity (Wildman–Crippen MR) is 320 cm³/mol. The van der Waals surface area contributed by atoms with Gasteiger partial charge in [0.2, 0.25) is 5.91 Å². The molecule has 1 amide bonds. The minimum atomic E-state index is -1.58. The van der Waals surface area contributed by atoms with Crippen molar-refractivity contribution in [2.24, 2.45) is 0 Å². The van der Waals surface area contributed by atoms with E-state index in [2.05, 4.69) is 67.8 Å². The molecule has 6 N–H and O–H groups in total. The summed E-state index contributed by atoms with van der Waals surface area (Å²) in [5, 5.41) is 54.2. The first-order chi connectivity index (χ1) is 37.7. The van der Waals surface area contributed by atoms with Crippen LogP contribution in [0.2, 0.25) is 0 Å². The number of ether oxygens (including phenoxy) is 3. The van der Waals surface area contributed by atoms with Crippen molar-refractivity contribution >= 4 is 11.9 Å². The van der Waals surface area contributed by atoms with E-state index in [1.807, 2.05) is 6.08 Å². The molecular formula is C66H119NO10. The first-order valence-electron chi connectivity index (χ1n) is 32.1. The molecule has 0 bridgehead atoms. The number of aliphatic hydroxyl groups is 5. The summed E-state index contributed by atoms with van der Waals surface area (Å²) < 4.78 is 16.7. The summed E-state index contributed by atoms with van der Waals surface area (Å²) >= 11 is 0. The van der Waals surface area contributed by atoms with Gasteiger partial charge in [-0.3, -0.25) is 9.59 Å². The molecule has 11 nitrogen and oxygen atoms in total. The number of hydrogen-bond acceptors (Lipinski definition) is 10. The number of allylic oxidation sites excluding steroid dienone is 9. The lowest BCUT2D eigenvalue weighted by Crippen LogP contribution is -2.60. The van der Waals surface area contributed by atoms with Crippen LogP contribution in [0, 0.1) is 0 Å². The van der Waals surface area contributed by atoms with Crippen LogP contribution < -0.4 is 5.32 Å². The fraction of sp³-hybridized carbons (Fsp3) is 0.818. The summed E-state index contributed by atoms with van der Waals surface area (Å²) in [6.07, 6.45) is 62.0. The van der Waals surface area contributed by atoms with Gasteiger partial charge in [-0.1, -0.05) is 229 Å². The lowest BCUT2D eigenvalue weighted by molar-refractivity contribution is -0.302. The summed E-state index contributed by atoms with van der Waals surface area (Å²) in [6.45, 7) is 4.25. The molecule has 7 atom stereocenters. The highest BCUT2D eigenvalue weighted by Gasteiger charge is 2.44. The van der Waals surface area contributed by atoms with Gasteiger partial charge in [0.1, 0.15) is 24.4 Å². The van der Waals surface area contributed by atoms with Gasteiger partial charge >= 0.3 is 5.97 Å². The van der Waals surface area contributed by atoms with E-state index in [0.717, 1.165) is 83.5 Å². The second-order valence-corrected chi connectivity index (χ2v) is 22.1. The Hall–Kier alpha value is -2.64. The van der Waals surface area contributed by atoms with Crippen molar-refractivity contribution < 1.29 is 49.3 Å². The molecule has 1 fully saturated rings. The van der Waals surface area contributed by atoms with E-state index in [9.17, 15) is 35.1 Å². The highest BCUT2D eigenvalue weighted by Crippen LogP contribution is 2.23. The van der Waals surface area contributed by atoms with E-state index in [4.69, 9.17) is 14.2 Å². The van der Waals surface area contributed by atoms with Crippen molar-refractivity contribution in [1.82, 2.24) is 5.32 Å². The Bertz CT molecular complexity index is 1460. The van der Waals surface area contributed by atoms with Crippen LogP contribution in [0.3, 0.4) is 0 Å². The minimum Gasteiger partial charge on any atom is -0.466 e. The molecule has 7 unspecified atom stereocenters. The molecule has 0 aromatic carbocycles. The number of aliphatic hydroxyl groups excluding tert-OH is 5. The molecule has 1 saturated heterocycles. The fourth-order valence-electron chi connectivity index (χ4n) is 9.71. The third-order valence-electron chi connectivity index (χ3n) is 14.8. The van der Waals surface area contributed by atoms with Crippen molar-refractivity contribution in [3.63, 3.8) is 0 Å². The zero-order chi connectivity index (χ0) is 55.9. The Morgan fingerprint density at radius 3 is 1.39 bits per heavy atom. The van der Waals surface area contributed by atoms with E-state index in [-0.39, 0.29) is 18.5 Å². The third-order valence-corrected chi connectivity index (χ3v) is 14.8. The lowest BCUT2D eigenvalue weighted by Gasteiger charge is -2.40. The molecule has 1 rings (SSSR count). The fourth-order valence-corrected chi connectivity index (χ4v) is 9.71. The van der Waals surface area contributed by atoms with E-state index in [1.54, 1.807) is 6.08 Å². The molecule has 0 aromatic heterocycles. The van der Waals surface area contributed by atoms with E-state index in [0.29, 0.717) is 19.4 Å². The normalized spacial score (nSPS) is 19.0. The Morgan fingerprint density at radius 1 is 0.481 bits per heavy atom. The van der Waals surface area contributed by atoms with Gasteiger partial charge in [-0.05, 0) is 103 Å². The number of unbranched alkanes of at least 4 members (excludes halogenated alkanes) is 33. The standard InChI is InChI=1S/C66H119NO10/c1-3-5-7-9-11-13-14-15-16-17-25-28-31-34-38-42-46-50-54-62(71)75-55-51-47-43-39-35-32-29-26-23-21-19-18-20-22-24-27-30-33-37-41-45-49-53-61(70)67-58(59(69)52-48-44-40-36-12-10-8-6-4-2)57-76-66-65(74)64(73)63(72)60(56-68)77-66/h12-14,16-17,20,22,36,48,52,58-60,63-66,68-69,72-74H,3-11,15,18-19,21,23-35,37-47,49-51,53-57H2,1-2H3,(H,67,70)/b14-13-,17-16-,22-20-,36-12+,52-48+. The summed E-state index contributed by atoms with van der Waals surface area (Å²) in [4.78, 5) is 25.1. The lowest BCUT2D eigenvalue weighted by atomic mass is 9.99. The van der Waals surface area contributed by atoms with Crippen LogP contribution in [0.4, 0.5) is 0 Å². The Labute approximate surface area is 471 Å². The molecule has 1 aliphatic heterocycles. The summed E-state index contributed by atoms with van der Waals surface area (Å²) in [5.74, 6) is -0.213. The summed E-state index contributed by atoms with van der Waals surface area (Å²) in [6, 6.07) is -0.832. The summed E-state index contributed by atoms with van der Waals surface area (Å²) in [5.41, 5.74) is 0. The van der Waals surface area contributed by atoms with Crippen LogP contribution in [0.25, 0.3) is 0 Å². The highest BCUT2D eigenvalue weighted by molar-refractivity contribution is 5.76. The number of amides is 1. The quantitative estimate of drug-likeness (QED) is 0.0195.